The van der Waals surface area contributed by atoms with Crippen molar-refractivity contribution in [2.24, 2.45) is 0 Å². The van der Waals surface area contributed by atoms with Crippen molar-refractivity contribution in [2.45, 2.75) is 26.8 Å². The van der Waals surface area contributed by atoms with Gasteiger partial charge in [-0.15, -0.1) is 0 Å². The lowest BCUT2D eigenvalue weighted by atomic mass is 9.99. The summed E-state index contributed by atoms with van der Waals surface area (Å²) in [5.74, 6) is 0. The van der Waals surface area contributed by atoms with E-state index in [1.807, 2.05) is 33.3 Å². The summed E-state index contributed by atoms with van der Waals surface area (Å²) in [6.45, 7) is 6.11. The molecule has 3 nitrogen and oxygen atoms in total. The summed E-state index contributed by atoms with van der Waals surface area (Å²) in [5.41, 5.74) is 5.68. The first kappa shape index (κ1) is 12.7. The van der Waals surface area contributed by atoms with Gasteiger partial charge in [-0.25, -0.2) is 0 Å². The highest BCUT2D eigenvalue weighted by Crippen LogP contribution is 2.22. The van der Waals surface area contributed by atoms with Gasteiger partial charge in [0.25, 0.3) is 0 Å². The van der Waals surface area contributed by atoms with Crippen LogP contribution in [0.15, 0.2) is 30.6 Å². The summed E-state index contributed by atoms with van der Waals surface area (Å²) in [5, 5.41) is 3.35. The number of rotatable bonds is 3. The predicted molar refractivity (Wildman–Crippen MR) is 73.6 cm³/mol. The number of nitrogens with one attached hydrogen (secondary N) is 1. The number of hydrogen-bond acceptors (Lipinski definition) is 3. The third kappa shape index (κ3) is 2.74. The van der Waals surface area contributed by atoms with E-state index in [4.69, 9.17) is 0 Å². The Bertz CT molecular complexity index is 529. The molecule has 94 valence electrons. The molecule has 0 saturated heterocycles. The molecule has 0 aliphatic carbocycles. The number of aromatic nitrogens is 2. The van der Waals surface area contributed by atoms with E-state index in [2.05, 4.69) is 40.4 Å². The Kier molecular flexibility index (Phi) is 3.72. The number of hydrogen-bond donors (Lipinski definition) is 1. The molecule has 2 aromatic rings. The fourth-order valence-electron chi connectivity index (χ4n) is 2.30. The van der Waals surface area contributed by atoms with Crippen LogP contribution in [0.25, 0.3) is 0 Å². The Morgan fingerprint density at radius 3 is 2.17 bits per heavy atom. The van der Waals surface area contributed by atoms with Gasteiger partial charge in [-0.1, -0.05) is 6.07 Å². The maximum atomic E-state index is 4.42. The van der Waals surface area contributed by atoms with Crippen LogP contribution in [0.5, 0.6) is 0 Å². The topological polar surface area (TPSA) is 37.8 Å². The molecule has 2 heterocycles. The minimum absolute atomic E-state index is 0.165. The minimum Gasteiger partial charge on any atom is -0.309 e. The zero-order valence-electron chi connectivity index (χ0n) is 11.4. The van der Waals surface area contributed by atoms with E-state index < -0.39 is 0 Å². The molecule has 3 heteroatoms. The summed E-state index contributed by atoms with van der Waals surface area (Å²) < 4.78 is 0. The van der Waals surface area contributed by atoms with Crippen LogP contribution in [-0.2, 0) is 0 Å². The first-order valence-electron chi connectivity index (χ1n) is 6.14. The van der Waals surface area contributed by atoms with Crippen LogP contribution < -0.4 is 5.32 Å². The van der Waals surface area contributed by atoms with Gasteiger partial charge in [-0.05, 0) is 56.6 Å². The van der Waals surface area contributed by atoms with Crippen LogP contribution in [0.4, 0.5) is 0 Å². The highest BCUT2D eigenvalue weighted by molar-refractivity contribution is 5.33. The molecule has 2 aromatic heterocycles. The lowest BCUT2D eigenvalue weighted by Gasteiger charge is -2.18. The van der Waals surface area contributed by atoms with Crippen molar-refractivity contribution >= 4 is 0 Å². The Morgan fingerprint density at radius 1 is 0.944 bits per heavy atom. The molecule has 0 aromatic carbocycles. The third-order valence-corrected chi connectivity index (χ3v) is 2.96. The summed E-state index contributed by atoms with van der Waals surface area (Å²) >= 11 is 0. The van der Waals surface area contributed by atoms with Crippen LogP contribution in [0.2, 0.25) is 0 Å². The van der Waals surface area contributed by atoms with Crippen LogP contribution >= 0.6 is 0 Å². The summed E-state index contributed by atoms with van der Waals surface area (Å²) in [6, 6.07) is 6.57. The molecule has 1 N–H and O–H groups in total. The predicted octanol–water partition coefficient (Wildman–Crippen LogP) is 2.71. The third-order valence-electron chi connectivity index (χ3n) is 2.96. The standard InChI is InChI=1S/C15H19N3/c1-10-5-14(9-17-8-10)15(16-4)13-6-11(2)18-12(3)7-13/h5-9,15-16H,1-4H3. The van der Waals surface area contributed by atoms with Gasteiger partial charge in [0.05, 0.1) is 6.04 Å². The lowest BCUT2D eigenvalue weighted by molar-refractivity contribution is 0.685. The normalized spacial score (nSPS) is 12.4. The molecule has 0 aliphatic rings. The van der Waals surface area contributed by atoms with E-state index in [1.165, 1.54) is 16.7 Å². The van der Waals surface area contributed by atoms with E-state index in [-0.39, 0.29) is 6.04 Å². The molecule has 1 unspecified atom stereocenters. The monoisotopic (exact) mass is 241 g/mol. The van der Waals surface area contributed by atoms with E-state index in [0.29, 0.717) is 0 Å². The molecule has 0 saturated carbocycles. The molecule has 0 radical (unpaired) electrons. The van der Waals surface area contributed by atoms with Gasteiger partial charge < -0.3 is 5.32 Å². The van der Waals surface area contributed by atoms with Crippen LogP contribution in [-0.4, -0.2) is 17.0 Å². The number of aryl methyl sites for hydroxylation is 3. The van der Waals surface area contributed by atoms with Crippen molar-refractivity contribution in [3.63, 3.8) is 0 Å². The zero-order valence-corrected chi connectivity index (χ0v) is 11.4. The van der Waals surface area contributed by atoms with E-state index in [1.54, 1.807) is 0 Å². The SMILES string of the molecule is CNC(c1cncc(C)c1)c1cc(C)nc(C)c1. The van der Waals surface area contributed by atoms with Crippen molar-refractivity contribution in [3.05, 3.63) is 58.7 Å². The van der Waals surface area contributed by atoms with Gasteiger partial charge in [0.15, 0.2) is 0 Å². The van der Waals surface area contributed by atoms with Crippen molar-refractivity contribution in [1.82, 2.24) is 15.3 Å². The van der Waals surface area contributed by atoms with Gasteiger partial charge in [0.2, 0.25) is 0 Å². The lowest BCUT2D eigenvalue weighted by Crippen LogP contribution is -2.18. The molecule has 0 amide bonds. The number of nitrogens with zero attached hydrogens (tertiary/aromatic N) is 2. The van der Waals surface area contributed by atoms with Crippen LogP contribution in [0.3, 0.4) is 0 Å². The second-order valence-electron chi connectivity index (χ2n) is 4.70. The Balaban J connectivity index is 2.45. The van der Waals surface area contributed by atoms with Crippen molar-refractivity contribution in [3.8, 4) is 0 Å². The Hall–Kier alpha value is -1.74. The summed E-state index contributed by atoms with van der Waals surface area (Å²) in [6.07, 6.45) is 3.79. The van der Waals surface area contributed by atoms with Gasteiger partial charge in [-0.2, -0.15) is 0 Å². The molecule has 1 atom stereocenters. The van der Waals surface area contributed by atoms with Gasteiger partial charge in [0, 0.05) is 23.8 Å². The molecular formula is C15H19N3. The second kappa shape index (κ2) is 5.27. The van der Waals surface area contributed by atoms with E-state index >= 15 is 0 Å². The first-order valence-corrected chi connectivity index (χ1v) is 6.14. The molecule has 0 bridgehead atoms. The minimum atomic E-state index is 0.165. The van der Waals surface area contributed by atoms with Gasteiger partial charge in [-0.3, -0.25) is 9.97 Å². The van der Waals surface area contributed by atoms with Crippen LogP contribution in [0, 0.1) is 20.8 Å². The average Bonchev–Trinajstić information content (AvgIpc) is 2.28. The van der Waals surface area contributed by atoms with Gasteiger partial charge >= 0.3 is 0 Å². The average molecular weight is 241 g/mol. The van der Waals surface area contributed by atoms with E-state index in [0.717, 1.165) is 11.4 Å². The Labute approximate surface area is 108 Å². The zero-order chi connectivity index (χ0) is 13.1. The smallest absolute Gasteiger partial charge is 0.0590 e. The molecular weight excluding hydrogens is 222 g/mol. The fraction of sp³-hybridized carbons (Fsp3) is 0.333. The molecule has 0 aliphatic heterocycles. The highest BCUT2D eigenvalue weighted by Gasteiger charge is 2.13. The molecule has 18 heavy (non-hydrogen) atoms. The molecule has 0 fully saturated rings. The largest absolute Gasteiger partial charge is 0.309 e. The molecule has 0 spiro atoms. The second-order valence-corrected chi connectivity index (χ2v) is 4.70. The van der Waals surface area contributed by atoms with Crippen molar-refractivity contribution in [1.29, 1.82) is 0 Å². The Morgan fingerprint density at radius 2 is 1.61 bits per heavy atom. The first-order chi connectivity index (χ1) is 8.60. The summed E-state index contributed by atoms with van der Waals surface area (Å²) in [7, 11) is 1.97. The highest BCUT2D eigenvalue weighted by atomic mass is 14.9. The van der Waals surface area contributed by atoms with Crippen molar-refractivity contribution < 1.29 is 0 Å². The molecule has 2 rings (SSSR count). The summed E-state index contributed by atoms with van der Waals surface area (Å²) in [4.78, 5) is 8.69. The van der Waals surface area contributed by atoms with E-state index in [9.17, 15) is 0 Å². The number of pyridine rings is 2. The maximum absolute atomic E-state index is 4.42. The van der Waals surface area contributed by atoms with Crippen molar-refractivity contribution in [2.75, 3.05) is 7.05 Å². The quantitative estimate of drug-likeness (QED) is 0.897. The maximum Gasteiger partial charge on any atom is 0.0590 e. The fourth-order valence-corrected chi connectivity index (χ4v) is 2.30. The van der Waals surface area contributed by atoms with Crippen LogP contribution in [0.1, 0.15) is 34.1 Å². The van der Waals surface area contributed by atoms with Gasteiger partial charge in [0.1, 0.15) is 0 Å².